The Kier molecular flexibility index (Phi) is 4.71. The maximum atomic E-state index is 12.5. The molecule has 122 valence electrons. The summed E-state index contributed by atoms with van der Waals surface area (Å²) in [6.45, 7) is 4.17. The van der Waals surface area contributed by atoms with Crippen LogP contribution < -0.4 is 5.32 Å². The molecule has 2 amide bonds. The Bertz CT molecular complexity index is 812. The number of hydrogen-bond acceptors (Lipinski definition) is 4. The molecule has 0 radical (unpaired) electrons. The molecule has 0 spiro atoms. The van der Waals surface area contributed by atoms with E-state index in [1.807, 2.05) is 62.4 Å². The van der Waals surface area contributed by atoms with E-state index in [4.69, 9.17) is 0 Å². The minimum absolute atomic E-state index is 0.166. The second-order valence-electron chi connectivity index (χ2n) is 5.72. The molecule has 4 nitrogen and oxygen atoms in total. The van der Waals surface area contributed by atoms with Crippen molar-refractivity contribution >= 4 is 34.7 Å². The first-order chi connectivity index (χ1) is 11.5. The van der Waals surface area contributed by atoms with Gasteiger partial charge in [-0.2, -0.15) is 0 Å². The number of imide groups is 1. The summed E-state index contributed by atoms with van der Waals surface area (Å²) in [7, 11) is 0. The second kappa shape index (κ2) is 6.93. The van der Waals surface area contributed by atoms with Crippen LogP contribution in [0.2, 0.25) is 0 Å². The van der Waals surface area contributed by atoms with Gasteiger partial charge < -0.3 is 5.32 Å². The average Bonchev–Trinajstić information content (AvgIpc) is 2.82. The fourth-order valence-corrected chi connectivity index (χ4v) is 3.21. The molecular weight excluding hydrogens is 320 g/mol. The summed E-state index contributed by atoms with van der Waals surface area (Å²) in [5.74, 6) is -0.259. The van der Waals surface area contributed by atoms with Crippen molar-refractivity contribution in [1.82, 2.24) is 4.90 Å². The second-order valence-corrected chi connectivity index (χ2v) is 6.72. The van der Waals surface area contributed by atoms with Crippen LogP contribution >= 0.6 is 11.8 Å². The third-order valence-corrected chi connectivity index (χ3v) is 4.62. The Labute approximate surface area is 145 Å². The van der Waals surface area contributed by atoms with Crippen LogP contribution in [0.1, 0.15) is 16.7 Å². The molecule has 1 saturated heterocycles. The van der Waals surface area contributed by atoms with E-state index in [2.05, 4.69) is 5.32 Å². The number of benzene rings is 2. The number of amides is 2. The summed E-state index contributed by atoms with van der Waals surface area (Å²) in [5, 5.41) is 2.87. The van der Waals surface area contributed by atoms with Crippen molar-refractivity contribution in [2.45, 2.75) is 13.8 Å². The number of thioether (sulfide) groups is 1. The highest BCUT2D eigenvalue weighted by molar-refractivity contribution is 8.18. The minimum Gasteiger partial charge on any atom is -0.367 e. The number of aryl methyl sites for hydroxylation is 2. The summed E-state index contributed by atoms with van der Waals surface area (Å²) in [6.07, 6.45) is 1.76. The van der Waals surface area contributed by atoms with Gasteiger partial charge in [-0.05, 0) is 54.9 Å². The zero-order valence-electron chi connectivity index (χ0n) is 13.6. The zero-order valence-corrected chi connectivity index (χ0v) is 14.4. The maximum Gasteiger partial charge on any atom is 0.295 e. The highest BCUT2D eigenvalue weighted by Gasteiger charge is 2.34. The summed E-state index contributed by atoms with van der Waals surface area (Å²) in [4.78, 5) is 26.2. The molecule has 1 aliphatic rings. The normalized spacial score (nSPS) is 16.1. The Morgan fingerprint density at radius 1 is 1.04 bits per heavy atom. The van der Waals surface area contributed by atoms with Crippen molar-refractivity contribution in [3.8, 4) is 0 Å². The van der Waals surface area contributed by atoms with Gasteiger partial charge in [0.15, 0.2) is 0 Å². The lowest BCUT2D eigenvalue weighted by Gasteiger charge is -2.14. The smallest absolute Gasteiger partial charge is 0.295 e. The van der Waals surface area contributed by atoms with E-state index < -0.39 is 0 Å². The van der Waals surface area contributed by atoms with E-state index in [0.717, 1.165) is 34.1 Å². The molecule has 1 aliphatic heterocycles. The van der Waals surface area contributed by atoms with Crippen molar-refractivity contribution in [1.29, 1.82) is 0 Å². The van der Waals surface area contributed by atoms with Gasteiger partial charge in [-0.25, -0.2) is 0 Å². The van der Waals surface area contributed by atoms with Crippen LogP contribution in [0, 0.1) is 13.8 Å². The first-order valence-electron chi connectivity index (χ1n) is 7.65. The summed E-state index contributed by atoms with van der Waals surface area (Å²) in [5.41, 5.74) is 4.07. The quantitative estimate of drug-likeness (QED) is 0.839. The molecule has 1 heterocycles. The van der Waals surface area contributed by atoms with Gasteiger partial charge in [-0.1, -0.05) is 42.0 Å². The summed E-state index contributed by atoms with van der Waals surface area (Å²) < 4.78 is 0. The van der Waals surface area contributed by atoms with Gasteiger partial charge in [-0.15, -0.1) is 0 Å². The predicted molar refractivity (Wildman–Crippen MR) is 98.7 cm³/mol. The van der Waals surface area contributed by atoms with Gasteiger partial charge in [0, 0.05) is 5.69 Å². The largest absolute Gasteiger partial charge is 0.367 e. The summed E-state index contributed by atoms with van der Waals surface area (Å²) >= 11 is 0.978. The first kappa shape index (κ1) is 16.3. The molecule has 3 rings (SSSR count). The van der Waals surface area contributed by atoms with Crippen LogP contribution in [-0.4, -0.2) is 22.7 Å². The summed E-state index contributed by atoms with van der Waals surface area (Å²) in [6, 6.07) is 15.7. The lowest BCUT2D eigenvalue weighted by molar-refractivity contribution is -0.122. The van der Waals surface area contributed by atoms with Crippen molar-refractivity contribution in [3.63, 3.8) is 0 Å². The molecule has 0 atom stereocenters. The van der Waals surface area contributed by atoms with Gasteiger partial charge in [-0.3, -0.25) is 14.5 Å². The monoisotopic (exact) mass is 338 g/mol. The lowest BCUT2D eigenvalue weighted by atomic mass is 10.1. The van der Waals surface area contributed by atoms with Crippen LogP contribution in [0.4, 0.5) is 10.5 Å². The molecule has 0 aromatic heterocycles. The molecule has 1 N–H and O–H groups in total. The zero-order chi connectivity index (χ0) is 17.1. The third-order valence-electron chi connectivity index (χ3n) is 3.71. The van der Waals surface area contributed by atoms with Crippen LogP contribution in [-0.2, 0) is 4.79 Å². The van der Waals surface area contributed by atoms with Crippen molar-refractivity contribution in [2.75, 3.05) is 12.0 Å². The fourth-order valence-electron chi connectivity index (χ4n) is 2.38. The van der Waals surface area contributed by atoms with Gasteiger partial charge in [0.1, 0.15) is 0 Å². The number of carbonyl (C=O) groups excluding carboxylic acids is 2. The third kappa shape index (κ3) is 3.68. The van der Waals surface area contributed by atoms with E-state index >= 15 is 0 Å². The Morgan fingerprint density at radius 2 is 1.79 bits per heavy atom. The molecule has 0 unspecified atom stereocenters. The van der Waals surface area contributed by atoms with Gasteiger partial charge >= 0.3 is 0 Å². The molecule has 24 heavy (non-hydrogen) atoms. The molecular formula is C19H18N2O2S. The van der Waals surface area contributed by atoms with Crippen molar-refractivity contribution in [3.05, 3.63) is 70.1 Å². The van der Waals surface area contributed by atoms with Crippen LogP contribution in [0.25, 0.3) is 6.08 Å². The van der Waals surface area contributed by atoms with Crippen molar-refractivity contribution in [2.24, 2.45) is 0 Å². The SMILES string of the molecule is Cc1ccc(C=C2SC(=O)N(CNc3cccc(C)c3)C2=O)cc1. The van der Waals surface area contributed by atoms with E-state index in [1.165, 1.54) is 4.90 Å². The highest BCUT2D eigenvalue weighted by Crippen LogP contribution is 2.32. The molecule has 1 fully saturated rings. The first-order valence-corrected chi connectivity index (χ1v) is 8.47. The lowest BCUT2D eigenvalue weighted by Crippen LogP contribution is -2.33. The molecule has 0 aliphatic carbocycles. The van der Waals surface area contributed by atoms with E-state index in [0.29, 0.717) is 4.91 Å². The van der Waals surface area contributed by atoms with E-state index in [-0.39, 0.29) is 17.8 Å². The number of nitrogens with zero attached hydrogens (tertiary/aromatic N) is 1. The fraction of sp³-hybridized carbons (Fsp3) is 0.158. The van der Waals surface area contributed by atoms with E-state index in [9.17, 15) is 9.59 Å². The van der Waals surface area contributed by atoms with Crippen LogP contribution in [0.3, 0.4) is 0 Å². The Balaban J connectivity index is 1.71. The topological polar surface area (TPSA) is 49.4 Å². The van der Waals surface area contributed by atoms with E-state index in [1.54, 1.807) is 6.08 Å². The number of nitrogens with one attached hydrogen (secondary N) is 1. The van der Waals surface area contributed by atoms with Gasteiger partial charge in [0.05, 0.1) is 11.6 Å². The molecule has 5 heteroatoms. The number of hydrogen-bond donors (Lipinski definition) is 1. The predicted octanol–water partition coefficient (Wildman–Crippen LogP) is 4.41. The highest BCUT2D eigenvalue weighted by atomic mass is 32.2. The average molecular weight is 338 g/mol. The van der Waals surface area contributed by atoms with Crippen molar-refractivity contribution < 1.29 is 9.59 Å². The maximum absolute atomic E-state index is 12.5. The minimum atomic E-state index is -0.259. The number of rotatable bonds is 4. The van der Waals surface area contributed by atoms with Crippen LogP contribution in [0.5, 0.6) is 0 Å². The Hall–Kier alpha value is -2.53. The Morgan fingerprint density at radius 3 is 2.50 bits per heavy atom. The van der Waals surface area contributed by atoms with Crippen LogP contribution in [0.15, 0.2) is 53.4 Å². The molecule has 2 aromatic carbocycles. The number of carbonyl (C=O) groups is 2. The van der Waals surface area contributed by atoms with Gasteiger partial charge in [0.2, 0.25) is 0 Å². The molecule has 0 bridgehead atoms. The molecule has 2 aromatic rings. The molecule has 0 saturated carbocycles. The van der Waals surface area contributed by atoms with Gasteiger partial charge in [0.25, 0.3) is 11.1 Å². The standard InChI is InChI=1S/C19H18N2O2S/c1-13-6-8-15(9-7-13)11-17-18(22)21(19(23)24-17)12-20-16-5-3-4-14(2)10-16/h3-11,20H,12H2,1-2H3. The number of anilines is 1.